The summed E-state index contributed by atoms with van der Waals surface area (Å²) in [5.74, 6) is -1.68. The van der Waals surface area contributed by atoms with Crippen LogP contribution in [0.15, 0.2) is 47.1 Å². The number of likely N-dealkylation sites (tertiary alicyclic amines) is 1. The molecule has 0 unspecified atom stereocenters. The summed E-state index contributed by atoms with van der Waals surface area (Å²) in [5, 5.41) is 13.4. The number of hydrogen-bond acceptors (Lipinski definition) is 7. The topological polar surface area (TPSA) is 132 Å². The standard InChI is InChI=1S/C19H19N3O7/c1-12(18(24)20-15-6-2-3-7-16(15)22(26)27)29-19(25)13-9-17(23)21(10-13)11-14-5-4-8-28-14/h2-8,12-13H,9-11H2,1H3,(H,20,24)/t12-,13+/m0/s1. The molecular weight excluding hydrogens is 382 g/mol. The van der Waals surface area contributed by atoms with E-state index in [0.717, 1.165) is 0 Å². The van der Waals surface area contributed by atoms with E-state index in [0.29, 0.717) is 5.76 Å². The molecule has 10 heteroatoms. The number of rotatable bonds is 7. The summed E-state index contributed by atoms with van der Waals surface area (Å²) in [6.45, 7) is 1.78. The van der Waals surface area contributed by atoms with Crippen molar-refractivity contribution < 1.29 is 28.5 Å². The minimum Gasteiger partial charge on any atom is -0.467 e. The summed E-state index contributed by atoms with van der Waals surface area (Å²) in [6.07, 6.45) is 0.299. The molecule has 1 aromatic carbocycles. The second-order valence-corrected chi connectivity index (χ2v) is 6.60. The first kappa shape index (κ1) is 20.1. The Hall–Kier alpha value is -3.69. The second kappa shape index (κ2) is 8.55. The van der Waals surface area contributed by atoms with Crippen LogP contribution < -0.4 is 5.32 Å². The molecule has 1 aliphatic heterocycles. The van der Waals surface area contributed by atoms with Crippen LogP contribution in [-0.4, -0.2) is 40.3 Å². The van der Waals surface area contributed by atoms with Crippen molar-refractivity contribution in [2.75, 3.05) is 11.9 Å². The zero-order valence-electron chi connectivity index (χ0n) is 15.6. The highest BCUT2D eigenvalue weighted by atomic mass is 16.6. The van der Waals surface area contributed by atoms with Gasteiger partial charge in [-0.3, -0.25) is 24.5 Å². The molecule has 2 heterocycles. The highest BCUT2D eigenvalue weighted by Crippen LogP contribution is 2.24. The number of para-hydroxylation sites is 2. The van der Waals surface area contributed by atoms with Gasteiger partial charge in [-0.2, -0.15) is 0 Å². The summed E-state index contributed by atoms with van der Waals surface area (Å²) in [4.78, 5) is 48.7. The number of esters is 1. The Balaban J connectivity index is 1.55. The number of carbonyl (C=O) groups is 3. The van der Waals surface area contributed by atoms with Crippen molar-refractivity contribution in [2.45, 2.75) is 26.0 Å². The molecule has 1 aliphatic rings. The Morgan fingerprint density at radius 3 is 2.79 bits per heavy atom. The van der Waals surface area contributed by atoms with E-state index in [9.17, 15) is 24.5 Å². The number of ether oxygens (including phenoxy) is 1. The fourth-order valence-corrected chi connectivity index (χ4v) is 2.97. The summed E-state index contributed by atoms with van der Waals surface area (Å²) in [5.41, 5.74) is -0.264. The Bertz CT molecular complexity index is 926. The van der Waals surface area contributed by atoms with Gasteiger partial charge < -0.3 is 19.4 Å². The minimum absolute atomic E-state index is 0.00562. The Labute approximate surface area is 165 Å². The van der Waals surface area contributed by atoms with Crippen molar-refractivity contribution in [2.24, 2.45) is 5.92 Å². The SMILES string of the molecule is C[C@H](OC(=O)[C@@H]1CC(=O)N(Cc2ccco2)C1)C(=O)Nc1ccccc1[N+](=O)[O-]. The van der Waals surface area contributed by atoms with Crippen molar-refractivity contribution >= 4 is 29.2 Å². The number of nitrogens with zero attached hydrogens (tertiary/aromatic N) is 2. The van der Waals surface area contributed by atoms with Crippen LogP contribution in [-0.2, 0) is 25.7 Å². The normalized spacial score (nSPS) is 17.1. The fourth-order valence-electron chi connectivity index (χ4n) is 2.97. The van der Waals surface area contributed by atoms with Gasteiger partial charge in [0.05, 0.1) is 23.6 Å². The lowest BCUT2D eigenvalue weighted by Crippen LogP contribution is -2.33. The highest BCUT2D eigenvalue weighted by molar-refractivity contribution is 5.97. The smallest absolute Gasteiger partial charge is 0.312 e. The van der Waals surface area contributed by atoms with E-state index in [1.54, 1.807) is 12.1 Å². The number of furan rings is 1. The van der Waals surface area contributed by atoms with Crippen LogP contribution in [0.25, 0.3) is 0 Å². The molecule has 3 rings (SSSR count). The molecule has 0 saturated carbocycles. The quantitative estimate of drug-likeness (QED) is 0.427. The lowest BCUT2D eigenvalue weighted by Gasteiger charge is -2.17. The van der Waals surface area contributed by atoms with Gasteiger partial charge in [-0.1, -0.05) is 12.1 Å². The molecule has 0 aliphatic carbocycles. The first-order chi connectivity index (χ1) is 13.8. The van der Waals surface area contributed by atoms with Crippen molar-refractivity contribution in [3.05, 3.63) is 58.5 Å². The van der Waals surface area contributed by atoms with E-state index >= 15 is 0 Å². The third-order valence-corrected chi connectivity index (χ3v) is 4.50. The van der Waals surface area contributed by atoms with E-state index in [1.807, 2.05) is 0 Å². The molecule has 1 N–H and O–H groups in total. The summed E-state index contributed by atoms with van der Waals surface area (Å²) >= 11 is 0. The number of nitrogens with one attached hydrogen (secondary N) is 1. The molecular formula is C19H19N3O7. The molecule has 0 spiro atoms. The van der Waals surface area contributed by atoms with Crippen molar-refractivity contribution in [1.29, 1.82) is 0 Å². The van der Waals surface area contributed by atoms with Gasteiger partial charge in [0.1, 0.15) is 11.4 Å². The fraction of sp³-hybridized carbons (Fsp3) is 0.316. The van der Waals surface area contributed by atoms with Crippen molar-refractivity contribution in [3.8, 4) is 0 Å². The average molecular weight is 401 g/mol. The number of anilines is 1. The van der Waals surface area contributed by atoms with E-state index in [-0.39, 0.29) is 36.8 Å². The van der Waals surface area contributed by atoms with Gasteiger partial charge in [0.15, 0.2) is 6.10 Å². The van der Waals surface area contributed by atoms with Crippen LogP contribution in [0, 0.1) is 16.0 Å². The first-order valence-electron chi connectivity index (χ1n) is 8.90. The van der Waals surface area contributed by atoms with Crippen molar-refractivity contribution in [1.82, 2.24) is 4.90 Å². The van der Waals surface area contributed by atoms with Gasteiger partial charge >= 0.3 is 5.97 Å². The third-order valence-electron chi connectivity index (χ3n) is 4.50. The predicted octanol–water partition coefficient (Wildman–Crippen LogP) is 2.11. The average Bonchev–Trinajstić information content (AvgIpc) is 3.32. The van der Waals surface area contributed by atoms with E-state index < -0.39 is 28.8 Å². The molecule has 0 radical (unpaired) electrons. The van der Waals surface area contributed by atoms with Gasteiger partial charge in [0.25, 0.3) is 11.6 Å². The largest absolute Gasteiger partial charge is 0.467 e. The Morgan fingerprint density at radius 1 is 1.34 bits per heavy atom. The lowest BCUT2D eigenvalue weighted by atomic mass is 10.1. The lowest BCUT2D eigenvalue weighted by molar-refractivity contribution is -0.383. The van der Waals surface area contributed by atoms with Gasteiger partial charge in [0, 0.05) is 19.0 Å². The molecule has 10 nitrogen and oxygen atoms in total. The highest BCUT2D eigenvalue weighted by Gasteiger charge is 2.37. The van der Waals surface area contributed by atoms with Gasteiger partial charge in [-0.15, -0.1) is 0 Å². The maximum atomic E-state index is 12.4. The first-order valence-corrected chi connectivity index (χ1v) is 8.90. The summed E-state index contributed by atoms with van der Waals surface area (Å²) < 4.78 is 10.4. The number of amides is 2. The third kappa shape index (κ3) is 4.78. The molecule has 29 heavy (non-hydrogen) atoms. The van der Waals surface area contributed by atoms with E-state index in [1.165, 1.54) is 42.4 Å². The number of nitro groups is 1. The van der Waals surface area contributed by atoms with Crippen LogP contribution >= 0.6 is 0 Å². The maximum absolute atomic E-state index is 12.4. The van der Waals surface area contributed by atoms with Crippen LogP contribution in [0.1, 0.15) is 19.1 Å². The zero-order chi connectivity index (χ0) is 21.0. The Morgan fingerprint density at radius 2 is 2.10 bits per heavy atom. The van der Waals surface area contributed by atoms with Crippen LogP contribution in [0.4, 0.5) is 11.4 Å². The molecule has 1 fully saturated rings. The zero-order valence-corrected chi connectivity index (χ0v) is 15.6. The van der Waals surface area contributed by atoms with Crippen molar-refractivity contribution in [3.63, 3.8) is 0 Å². The number of hydrogen-bond donors (Lipinski definition) is 1. The summed E-state index contributed by atoms with van der Waals surface area (Å²) in [7, 11) is 0. The molecule has 0 bridgehead atoms. The Kier molecular flexibility index (Phi) is 5.91. The van der Waals surface area contributed by atoms with Gasteiger partial charge in [-0.25, -0.2) is 0 Å². The number of nitro benzene ring substituents is 1. The molecule has 2 atom stereocenters. The number of benzene rings is 1. The van der Waals surface area contributed by atoms with Crippen LogP contribution in [0.2, 0.25) is 0 Å². The maximum Gasteiger partial charge on any atom is 0.312 e. The van der Waals surface area contributed by atoms with E-state index in [4.69, 9.17) is 9.15 Å². The predicted molar refractivity (Wildman–Crippen MR) is 99.5 cm³/mol. The van der Waals surface area contributed by atoms with Gasteiger partial charge in [0.2, 0.25) is 5.91 Å². The number of carbonyl (C=O) groups excluding carboxylic acids is 3. The molecule has 152 valence electrons. The van der Waals surface area contributed by atoms with Gasteiger partial charge in [-0.05, 0) is 25.1 Å². The van der Waals surface area contributed by atoms with Crippen LogP contribution in [0.5, 0.6) is 0 Å². The molecule has 2 aromatic rings. The minimum atomic E-state index is -1.18. The molecule has 1 aromatic heterocycles. The molecule has 1 saturated heterocycles. The second-order valence-electron chi connectivity index (χ2n) is 6.60. The molecule has 2 amide bonds. The van der Waals surface area contributed by atoms with Crippen LogP contribution in [0.3, 0.4) is 0 Å². The summed E-state index contributed by atoms with van der Waals surface area (Å²) in [6, 6.07) is 9.09. The van der Waals surface area contributed by atoms with E-state index in [2.05, 4.69) is 5.32 Å². The monoisotopic (exact) mass is 401 g/mol.